The predicted octanol–water partition coefficient (Wildman–Crippen LogP) is 4.65. The summed E-state index contributed by atoms with van der Waals surface area (Å²) < 4.78 is 6.15. The van der Waals surface area contributed by atoms with E-state index in [1.54, 1.807) is 0 Å². The molecule has 0 radical (unpaired) electrons. The lowest BCUT2D eigenvalue weighted by Crippen LogP contribution is -2.42. The lowest BCUT2D eigenvalue weighted by atomic mass is 9.78. The zero-order chi connectivity index (χ0) is 11.9. The normalized spacial score (nSPS) is 17.8. The maximum absolute atomic E-state index is 6.15. The Kier molecular flexibility index (Phi) is 7.25. The van der Waals surface area contributed by atoms with Crippen molar-refractivity contribution in [2.45, 2.75) is 72.8 Å². The van der Waals surface area contributed by atoms with Gasteiger partial charge >= 0.3 is 0 Å². The first kappa shape index (κ1) is 15.0. The molecule has 0 saturated carbocycles. The molecule has 0 rings (SSSR count). The Hall–Kier alpha value is -0.0400. The Labute approximate surface area is 96.6 Å². The quantitative estimate of drug-likeness (QED) is 0.534. The highest BCUT2D eigenvalue weighted by atomic mass is 16.5. The molecule has 0 fully saturated rings. The van der Waals surface area contributed by atoms with E-state index >= 15 is 0 Å². The monoisotopic (exact) mass is 214 g/mol. The van der Waals surface area contributed by atoms with E-state index in [0.29, 0.717) is 11.8 Å². The van der Waals surface area contributed by atoms with Gasteiger partial charge in [-0.2, -0.15) is 0 Å². The minimum Gasteiger partial charge on any atom is -0.375 e. The van der Waals surface area contributed by atoms with Crippen LogP contribution in [0, 0.1) is 11.8 Å². The smallest absolute Gasteiger partial charge is 0.0702 e. The fraction of sp³-hybridized carbons (Fsp3) is 1.00. The Morgan fingerprint density at radius 1 is 1.07 bits per heavy atom. The van der Waals surface area contributed by atoms with Crippen LogP contribution in [0.1, 0.15) is 67.2 Å². The second kappa shape index (κ2) is 7.27. The molecule has 1 heteroatoms. The summed E-state index contributed by atoms with van der Waals surface area (Å²) in [7, 11) is 0. The van der Waals surface area contributed by atoms with E-state index in [0.717, 1.165) is 6.61 Å². The van der Waals surface area contributed by atoms with Crippen molar-refractivity contribution in [1.29, 1.82) is 0 Å². The molecule has 0 aromatic carbocycles. The molecule has 0 aliphatic carbocycles. The molecule has 0 aliphatic heterocycles. The molecule has 0 saturated heterocycles. The molecule has 15 heavy (non-hydrogen) atoms. The summed E-state index contributed by atoms with van der Waals surface area (Å²) in [4.78, 5) is 0. The van der Waals surface area contributed by atoms with Gasteiger partial charge in [0.2, 0.25) is 0 Å². The SMILES string of the molecule is CCCCOC(C)(C(C)C)C(C)CCC. The molecular formula is C14H30O. The number of ether oxygens (including phenoxy) is 1. The Morgan fingerprint density at radius 3 is 2.07 bits per heavy atom. The van der Waals surface area contributed by atoms with Crippen molar-refractivity contribution in [3.8, 4) is 0 Å². The molecule has 1 nitrogen and oxygen atoms in total. The predicted molar refractivity (Wildman–Crippen MR) is 68.2 cm³/mol. The van der Waals surface area contributed by atoms with Crippen molar-refractivity contribution in [1.82, 2.24) is 0 Å². The summed E-state index contributed by atoms with van der Waals surface area (Å²) in [6, 6.07) is 0. The Bertz CT molecular complexity index is 153. The summed E-state index contributed by atoms with van der Waals surface area (Å²) >= 11 is 0. The van der Waals surface area contributed by atoms with Gasteiger partial charge in [0.15, 0.2) is 0 Å². The van der Waals surface area contributed by atoms with Crippen molar-refractivity contribution < 1.29 is 4.74 Å². The molecule has 2 unspecified atom stereocenters. The Balaban J connectivity index is 4.30. The summed E-state index contributed by atoms with van der Waals surface area (Å²) in [6.07, 6.45) is 4.92. The lowest BCUT2D eigenvalue weighted by Gasteiger charge is -2.39. The summed E-state index contributed by atoms with van der Waals surface area (Å²) in [5, 5.41) is 0. The van der Waals surface area contributed by atoms with E-state index in [9.17, 15) is 0 Å². The van der Waals surface area contributed by atoms with Gasteiger partial charge in [-0.25, -0.2) is 0 Å². The maximum atomic E-state index is 6.15. The highest BCUT2D eigenvalue weighted by Gasteiger charge is 2.34. The van der Waals surface area contributed by atoms with Crippen LogP contribution < -0.4 is 0 Å². The van der Waals surface area contributed by atoms with Crippen LogP contribution in [0.3, 0.4) is 0 Å². The van der Waals surface area contributed by atoms with Crippen molar-refractivity contribution in [3.63, 3.8) is 0 Å². The first-order chi connectivity index (χ1) is 6.99. The van der Waals surface area contributed by atoms with Gasteiger partial charge in [0.05, 0.1) is 5.60 Å². The van der Waals surface area contributed by atoms with Crippen molar-refractivity contribution >= 4 is 0 Å². The van der Waals surface area contributed by atoms with Crippen LogP contribution in [0.4, 0.5) is 0 Å². The van der Waals surface area contributed by atoms with Crippen molar-refractivity contribution in [3.05, 3.63) is 0 Å². The van der Waals surface area contributed by atoms with Crippen LogP contribution in [-0.4, -0.2) is 12.2 Å². The Morgan fingerprint density at radius 2 is 1.67 bits per heavy atom. The van der Waals surface area contributed by atoms with Gasteiger partial charge in [-0.3, -0.25) is 0 Å². The second-order valence-electron chi connectivity index (χ2n) is 5.23. The average Bonchev–Trinajstić information content (AvgIpc) is 2.18. The van der Waals surface area contributed by atoms with E-state index in [1.165, 1.54) is 25.7 Å². The molecule has 0 aromatic rings. The number of rotatable bonds is 8. The average molecular weight is 214 g/mol. The van der Waals surface area contributed by atoms with Gasteiger partial charge in [-0.15, -0.1) is 0 Å². The molecule has 0 amide bonds. The molecule has 0 spiro atoms. The molecule has 0 heterocycles. The molecule has 0 bridgehead atoms. The van der Waals surface area contributed by atoms with Gasteiger partial charge in [0.1, 0.15) is 0 Å². The van der Waals surface area contributed by atoms with Crippen LogP contribution in [0.5, 0.6) is 0 Å². The highest BCUT2D eigenvalue weighted by molar-refractivity contribution is 4.84. The summed E-state index contributed by atoms with van der Waals surface area (Å²) in [5.41, 5.74) is 0.0607. The fourth-order valence-electron chi connectivity index (χ4n) is 2.03. The van der Waals surface area contributed by atoms with E-state index in [1.807, 2.05) is 0 Å². The third-order valence-corrected chi connectivity index (χ3v) is 3.76. The van der Waals surface area contributed by atoms with E-state index in [2.05, 4.69) is 41.5 Å². The van der Waals surface area contributed by atoms with Crippen molar-refractivity contribution in [2.24, 2.45) is 11.8 Å². The van der Waals surface area contributed by atoms with E-state index in [4.69, 9.17) is 4.74 Å². The van der Waals surface area contributed by atoms with Crippen LogP contribution >= 0.6 is 0 Å². The highest BCUT2D eigenvalue weighted by Crippen LogP contribution is 2.33. The molecule has 0 aromatic heterocycles. The van der Waals surface area contributed by atoms with Gasteiger partial charge in [-0.05, 0) is 31.6 Å². The molecular weight excluding hydrogens is 184 g/mol. The standard InChI is InChI=1S/C14H30O/c1-7-9-11-15-14(6,12(3)4)13(5)10-8-2/h12-13H,7-11H2,1-6H3. The molecule has 2 atom stereocenters. The molecule has 0 aliphatic rings. The molecule has 92 valence electrons. The lowest BCUT2D eigenvalue weighted by molar-refractivity contribution is -0.103. The summed E-state index contributed by atoms with van der Waals surface area (Å²) in [6.45, 7) is 14.5. The minimum atomic E-state index is 0.0607. The van der Waals surface area contributed by atoms with Crippen LogP contribution in [-0.2, 0) is 4.74 Å². The fourth-order valence-corrected chi connectivity index (χ4v) is 2.03. The second-order valence-corrected chi connectivity index (χ2v) is 5.23. The molecule has 0 N–H and O–H groups in total. The maximum Gasteiger partial charge on any atom is 0.0702 e. The third-order valence-electron chi connectivity index (χ3n) is 3.76. The van der Waals surface area contributed by atoms with Crippen molar-refractivity contribution in [2.75, 3.05) is 6.61 Å². The third kappa shape index (κ3) is 4.55. The number of hydrogen-bond acceptors (Lipinski definition) is 1. The van der Waals surface area contributed by atoms with Crippen LogP contribution in [0.2, 0.25) is 0 Å². The zero-order valence-corrected chi connectivity index (χ0v) is 11.6. The van der Waals surface area contributed by atoms with Gasteiger partial charge in [-0.1, -0.05) is 47.5 Å². The van der Waals surface area contributed by atoms with Crippen LogP contribution in [0.15, 0.2) is 0 Å². The van der Waals surface area contributed by atoms with Gasteiger partial charge in [0.25, 0.3) is 0 Å². The van der Waals surface area contributed by atoms with Gasteiger partial charge in [0, 0.05) is 6.61 Å². The topological polar surface area (TPSA) is 9.23 Å². The van der Waals surface area contributed by atoms with E-state index in [-0.39, 0.29) is 5.60 Å². The zero-order valence-electron chi connectivity index (χ0n) is 11.6. The minimum absolute atomic E-state index is 0.0607. The first-order valence-corrected chi connectivity index (χ1v) is 6.62. The van der Waals surface area contributed by atoms with E-state index < -0.39 is 0 Å². The van der Waals surface area contributed by atoms with Gasteiger partial charge < -0.3 is 4.74 Å². The number of unbranched alkanes of at least 4 members (excludes halogenated alkanes) is 1. The largest absolute Gasteiger partial charge is 0.375 e. The first-order valence-electron chi connectivity index (χ1n) is 6.62. The van der Waals surface area contributed by atoms with Crippen LogP contribution in [0.25, 0.3) is 0 Å². The number of hydrogen-bond donors (Lipinski definition) is 0. The summed E-state index contributed by atoms with van der Waals surface area (Å²) in [5.74, 6) is 1.25.